The number of rotatable bonds is 7. The van der Waals surface area contributed by atoms with Gasteiger partial charge in [-0.05, 0) is 24.6 Å². The van der Waals surface area contributed by atoms with E-state index < -0.39 is 0 Å². The van der Waals surface area contributed by atoms with Crippen molar-refractivity contribution in [3.05, 3.63) is 58.3 Å². The van der Waals surface area contributed by atoms with E-state index in [0.29, 0.717) is 12.5 Å². The molecule has 0 spiro atoms. The van der Waals surface area contributed by atoms with E-state index in [4.69, 9.17) is 4.74 Å². The summed E-state index contributed by atoms with van der Waals surface area (Å²) in [4.78, 5) is 4.19. The molecule has 1 N–H and O–H groups in total. The zero-order valence-electron chi connectivity index (χ0n) is 12.5. The minimum atomic E-state index is 0.544. The van der Waals surface area contributed by atoms with Crippen molar-refractivity contribution in [1.82, 2.24) is 10.3 Å². The van der Waals surface area contributed by atoms with Gasteiger partial charge in [0.05, 0.1) is 0 Å². The van der Waals surface area contributed by atoms with Crippen LogP contribution >= 0.6 is 15.9 Å². The maximum Gasteiger partial charge on any atom is 0.127 e. The van der Waals surface area contributed by atoms with Gasteiger partial charge < -0.3 is 10.1 Å². The second kappa shape index (κ2) is 8.15. The predicted octanol–water partition coefficient (Wildman–Crippen LogP) is 4.17. The number of pyridine rings is 1. The van der Waals surface area contributed by atoms with Gasteiger partial charge in [0.1, 0.15) is 12.4 Å². The Balaban J connectivity index is 1.98. The highest BCUT2D eigenvalue weighted by Crippen LogP contribution is 2.21. The molecule has 0 aliphatic rings. The summed E-state index contributed by atoms with van der Waals surface area (Å²) in [6, 6.07) is 10.0. The van der Waals surface area contributed by atoms with E-state index in [1.807, 2.05) is 30.5 Å². The van der Waals surface area contributed by atoms with E-state index >= 15 is 0 Å². The van der Waals surface area contributed by atoms with Gasteiger partial charge in [-0.2, -0.15) is 0 Å². The summed E-state index contributed by atoms with van der Waals surface area (Å²) in [5, 5.41) is 3.42. The van der Waals surface area contributed by atoms with Crippen LogP contribution in [0.5, 0.6) is 5.75 Å². The van der Waals surface area contributed by atoms with Gasteiger partial charge in [-0.25, -0.2) is 0 Å². The van der Waals surface area contributed by atoms with Gasteiger partial charge >= 0.3 is 0 Å². The fourth-order valence-electron chi connectivity index (χ4n) is 1.95. The molecule has 0 fully saturated rings. The highest BCUT2D eigenvalue weighted by Gasteiger charge is 2.06. The van der Waals surface area contributed by atoms with Gasteiger partial charge in [0, 0.05) is 34.5 Å². The molecule has 0 saturated carbocycles. The average Bonchev–Trinajstić information content (AvgIpc) is 2.47. The number of hydrogen-bond acceptors (Lipinski definition) is 3. The Morgan fingerprint density at radius 1 is 1.19 bits per heavy atom. The van der Waals surface area contributed by atoms with Crippen LogP contribution in [0.4, 0.5) is 0 Å². The van der Waals surface area contributed by atoms with Crippen molar-refractivity contribution in [2.75, 3.05) is 6.54 Å². The molecule has 0 aliphatic carbocycles. The van der Waals surface area contributed by atoms with Gasteiger partial charge in [-0.1, -0.05) is 48.0 Å². The summed E-state index contributed by atoms with van der Waals surface area (Å²) in [6.45, 7) is 6.69. The molecule has 0 aliphatic heterocycles. The first-order valence-corrected chi connectivity index (χ1v) is 7.96. The quantitative estimate of drug-likeness (QED) is 0.815. The molecule has 1 heterocycles. The van der Waals surface area contributed by atoms with Crippen LogP contribution in [0.15, 0.2) is 47.2 Å². The van der Waals surface area contributed by atoms with Gasteiger partial charge in [-0.3, -0.25) is 4.98 Å². The smallest absolute Gasteiger partial charge is 0.127 e. The van der Waals surface area contributed by atoms with Crippen LogP contribution in [0.2, 0.25) is 0 Å². The highest BCUT2D eigenvalue weighted by atomic mass is 79.9. The van der Waals surface area contributed by atoms with Crippen LogP contribution < -0.4 is 10.1 Å². The lowest BCUT2D eigenvalue weighted by atomic mass is 10.2. The van der Waals surface area contributed by atoms with E-state index in [9.17, 15) is 0 Å². The number of ether oxygens (including phenoxy) is 1. The van der Waals surface area contributed by atoms with Crippen molar-refractivity contribution >= 4 is 15.9 Å². The molecule has 0 unspecified atom stereocenters. The fraction of sp³-hybridized carbons (Fsp3) is 0.353. The minimum Gasteiger partial charge on any atom is -0.488 e. The van der Waals surface area contributed by atoms with Crippen molar-refractivity contribution in [2.45, 2.75) is 27.0 Å². The highest BCUT2D eigenvalue weighted by molar-refractivity contribution is 9.10. The summed E-state index contributed by atoms with van der Waals surface area (Å²) in [6.07, 6.45) is 3.63. The molecule has 0 radical (unpaired) electrons. The minimum absolute atomic E-state index is 0.544. The zero-order chi connectivity index (χ0) is 15.1. The van der Waals surface area contributed by atoms with Gasteiger partial charge in [0.25, 0.3) is 0 Å². The van der Waals surface area contributed by atoms with Crippen LogP contribution in [-0.4, -0.2) is 11.5 Å². The Morgan fingerprint density at radius 3 is 2.76 bits per heavy atom. The molecule has 2 rings (SSSR count). The Kier molecular flexibility index (Phi) is 6.21. The van der Waals surface area contributed by atoms with Crippen molar-refractivity contribution in [1.29, 1.82) is 0 Å². The van der Waals surface area contributed by atoms with Crippen molar-refractivity contribution in [2.24, 2.45) is 5.92 Å². The second-order valence-electron chi connectivity index (χ2n) is 5.39. The maximum atomic E-state index is 5.95. The molecule has 0 bridgehead atoms. The SMILES string of the molecule is CC(C)CNCc1cnccc1OCc1ccccc1Br. The largest absolute Gasteiger partial charge is 0.488 e. The Bertz CT molecular complexity index is 572. The van der Waals surface area contributed by atoms with Crippen molar-refractivity contribution in [3.8, 4) is 5.75 Å². The van der Waals surface area contributed by atoms with Gasteiger partial charge in [0.2, 0.25) is 0 Å². The summed E-state index contributed by atoms with van der Waals surface area (Å²) in [5.41, 5.74) is 2.22. The van der Waals surface area contributed by atoms with E-state index in [2.05, 4.69) is 46.1 Å². The molecule has 1 aromatic heterocycles. The van der Waals surface area contributed by atoms with E-state index in [1.54, 1.807) is 6.20 Å². The number of hydrogen-bond donors (Lipinski definition) is 1. The van der Waals surface area contributed by atoms with Gasteiger partial charge in [-0.15, -0.1) is 0 Å². The molecule has 3 nitrogen and oxygen atoms in total. The summed E-state index contributed by atoms with van der Waals surface area (Å²) >= 11 is 3.54. The molecular weight excluding hydrogens is 328 g/mol. The molecule has 1 aromatic carbocycles. The first-order valence-electron chi connectivity index (χ1n) is 7.16. The lowest BCUT2D eigenvalue weighted by Crippen LogP contribution is -2.19. The molecule has 0 atom stereocenters. The molecule has 2 aromatic rings. The number of nitrogens with one attached hydrogen (secondary N) is 1. The number of aromatic nitrogens is 1. The summed E-state index contributed by atoms with van der Waals surface area (Å²) < 4.78 is 7.02. The molecule has 112 valence electrons. The fourth-order valence-corrected chi connectivity index (χ4v) is 2.35. The Labute approximate surface area is 134 Å². The maximum absolute atomic E-state index is 5.95. The van der Waals surface area contributed by atoms with Crippen LogP contribution in [0, 0.1) is 5.92 Å². The second-order valence-corrected chi connectivity index (χ2v) is 6.24. The van der Waals surface area contributed by atoms with Crippen LogP contribution in [0.3, 0.4) is 0 Å². The number of halogens is 1. The summed E-state index contributed by atoms with van der Waals surface area (Å²) in [7, 11) is 0. The third-order valence-electron chi connectivity index (χ3n) is 3.07. The lowest BCUT2D eigenvalue weighted by Gasteiger charge is -2.13. The lowest BCUT2D eigenvalue weighted by molar-refractivity contribution is 0.300. The van der Waals surface area contributed by atoms with Crippen LogP contribution in [-0.2, 0) is 13.2 Å². The third-order valence-corrected chi connectivity index (χ3v) is 3.84. The standard InChI is InChI=1S/C17H21BrN2O/c1-13(2)9-20-11-15-10-19-8-7-17(15)21-12-14-5-3-4-6-16(14)18/h3-8,10,13,20H,9,11-12H2,1-2H3. The molecule has 0 saturated heterocycles. The number of benzene rings is 1. The number of nitrogens with zero attached hydrogens (tertiary/aromatic N) is 1. The molecule has 0 amide bonds. The Morgan fingerprint density at radius 2 is 2.00 bits per heavy atom. The van der Waals surface area contributed by atoms with Crippen LogP contribution in [0.1, 0.15) is 25.0 Å². The van der Waals surface area contributed by atoms with E-state index in [1.165, 1.54) is 0 Å². The normalized spacial score (nSPS) is 10.9. The third kappa shape index (κ3) is 5.14. The topological polar surface area (TPSA) is 34.2 Å². The van der Waals surface area contributed by atoms with E-state index in [0.717, 1.165) is 34.4 Å². The Hall–Kier alpha value is -1.39. The first-order chi connectivity index (χ1) is 10.2. The molecule has 4 heteroatoms. The van der Waals surface area contributed by atoms with Gasteiger partial charge in [0.15, 0.2) is 0 Å². The first kappa shape index (κ1) is 16.0. The van der Waals surface area contributed by atoms with Crippen molar-refractivity contribution < 1.29 is 4.74 Å². The predicted molar refractivity (Wildman–Crippen MR) is 89.3 cm³/mol. The van der Waals surface area contributed by atoms with Crippen LogP contribution in [0.25, 0.3) is 0 Å². The van der Waals surface area contributed by atoms with Crippen molar-refractivity contribution in [3.63, 3.8) is 0 Å². The zero-order valence-corrected chi connectivity index (χ0v) is 14.1. The molecular formula is C17H21BrN2O. The molecule has 21 heavy (non-hydrogen) atoms. The monoisotopic (exact) mass is 348 g/mol. The summed E-state index contributed by atoms with van der Waals surface area (Å²) in [5.74, 6) is 1.52. The van der Waals surface area contributed by atoms with E-state index in [-0.39, 0.29) is 0 Å². The average molecular weight is 349 g/mol.